The molecule has 0 spiro atoms. The van der Waals surface area contributed by atoms with E-state index in [-0.39, 0.29) is 18.0 Å². The summed E-state index contributed by atoms with van der Waals surface area (Å²) in [6.07, 6.45) is -0.807. The SMILES string of the molecule is CCOC(=O)NNC(=O)Nc1cc([N+](=O)[O-])ccc1C. The van der Waals surface area contributed by atoms with Gasteiger partial charge in [-0.3, -0.25) is 10.1 Å². The van der Waals surface area contributed by atoms with E-state index < -0.39 is 17.0 Å². The van der Waals surface area contributed by atoms with Crippen LogP contribution in [0.3, 0.4) is 0 Å². The maximum absolute atomic E-state index is 11.5. The minimum atomic E-state index is -0.807. The van der Waals surface area contributed by atoms with Crippen molar-refractivity contribution in [3.8, 4) is 0 Å². The number of non-ortho nitro benzene ring substituents is 1. The molecule has 1 rings (SSSR count). The first kappa shape index (κ1) is 15.2. The lowest BCUT2D eigenvalue weighted by molar-refractivity contribution is -0.384. The summed E-state index contributed by atoms with van der Waals surface area (Å²) in [5, 5.41) is 13.0. The summed E-state index contributed by atoms with van der Waals surface area (Å²) in [6.45, 7) is 3.46. The molecule has 0 atom stereocenters. The molecule has 0 saturated carbocycles. The Morgan fingerprint density at radius 2 is 2.05 bits per heavy atom. The number of nitro benzene ring substituents is 1. The molecule has 0 saturated heterocycles. The topological polar surface area (TPSA) is 123 Å². The maximum Gasteiger partial charge on any atom is 0.426 e. The summed E-state index contributed by atoms with van der Waals surface area (Å²) in [6, 6.07) is 3.31. The lowest BCUT2D eigenvalue weighted by Crippen LogP contribution is -2.44. The van der Waals surface area contributed by atoms with E-state index in [2.05, 4.69) is 10.1 Å². The number of anilines is 1. The molecule has 1 aromatic carbocycles. The van der Waals surface area contributed by atoms with Crippen molar-refractivity contribution in [1.29, 1.82) is 0 Å². The maximum atomic E-state index is 11.5. The Kier molecular flexibility index (Phi) is 5.27. The molecule has 3 amide bonds. The first-order valence-corrected chi connectivity index (χ1v) is 5.68. The highest BCUT2D eigenvalue weighted by Gasteiger charge is 2.11. The largest absolute Gasteiger partial charge is 0.449 e. The van der Waals surface area contributed by atoms with Crippen LogP contribution in [0.5, 0.6) is 0 Å². The number of rotatable bonds is 3. The predicted octanol–water partition coefficient (Wildman–Crippen LogP) is 1.69. The molecule has 0 aliphatic carbocycles. The fraction of sp³-hybridized carbons (Fsp3) is 0.273. The molecule has 3 N–H and O–H groups in total. The number of hydrogen-bond acceptors (Lipinski definition) is 5. The van der Waals surface area contributed by atoms with Crippen LogP contribution in [-0.2, 0) is 4.74 Å². The first-order chi connectivity index (χ1) is 9.43. The third-order valence-corrected chi connectivity index (χ3v) is 2.23. The van der Waals surface area contributed by atoms with Gasteiger partial charge in [0.15, 0.2) is 0 Å². The average molecular weight is 282 g/mol. The second-order valence-corrected chi connectivity index (χ2v) is 3.68. The van der Waals surface area contributed by atoms with Gasteiger partial charge in [0.25, 0.3) is 5.69 Å². The molecule has 0 aromatic heterocycles. The normalized spacial score (nSPS) is 9.50. The molecule has 9 nitrogen and oxygen atoms in total. The van der Waals surface area contributed by atoms with E-state index in [0.29, 0.717) is 5.56 Å². The molecule has 0 heterocycles. The standard InChI is InChI=1S/C11H14N4O5/c1-3-20-11(17)14-13-10(16)12-9-6-8(15(18)19)5-4-7(9)2/h4-6H,3H2,1-2H3,(H,14,17)(H2,12,13,16). The molecular weight excluding hydrogens is 268 g/mol. The van der Waals surface area contributed by atoms with Crippen molar-refractivity contribution >= 4 is 23.5 Å². The average Bonchev–Trinajstić information content (AvgIpc) is 2.39. The van der Waals surface area contributed by atoms with E-state index in [1.165, 1.54) is 18.2 Å². The quantitative estimate of drug-likeness (QED) is 0.575. The van der Waals surface area contributed by atoms with Crippen LogP contribution in [-0.4, -0.2) is 23.7 Å². The van der Waals surface area contributed by atoms with Gasteiger partial charge in [0.05, 0.1) is 17.2 Å². The lowest BCUT2D eigenvalue weighted by Gasteiger charge is -2.10. The second-order valence-electron chi connectivity index (χ2n) is 3.68. The number of carbonyl (C=O) groups excluding carboxylic acids is 2. The van der Waals surface area contributed by atoms with Crippen molar-refractivity contribution in [3.63, 3.8) is 0 Å². The Morgan fingerprint density at radius 3 is 2.65 bits per heavy atom. The van der Waals surface area contributed by atoms with E-state index in [1.54, 1.807) is 13.8 Å². The van der Waals surface area contributed by atoms with Gasteiger partial charge >= 0.3 is 12.1 Å². The van der Waals surface area contributed by atoms with Crippen LogP contribution >= 0.6 is 0 Å². The van der Waals surface area contributed by atoms with E-state index in [9.17, 15) is 19.7 Å². The minimum absolute atomic E-state index is 0.149. The van der Waals surface area contributed by atoms with Crippen molar-refractivity contribution in [2.45, 2.75) is 13.8 Å². The summed E-state index contributed by atoms with van der Waals surface area (Å²) in [7, 11) is 0. The van der Waals surface area contributed by atoms with Gasteiger partial charge in [0.1, 0.15) is 0 Å². The number of benzene rings is 1. The number of nitro groups is 1. The molecule has 20 heavy (non-hydrogen) atoms. The van der Waals surface area contributed by atoms with Crippen molar-refractivity contribution in [1.82, 2.24) is 10.9 Å². The van der Waals surface area contributed by atoms with Gasteiger partial charge in [-0.1, -0.05) is 6.07 Å². The molecule has 0 fully saturated rings. The number of urea groups is 1. The molecule has 0 unspecified atom stereocenters. The van der Waals surface area contributed by atoms with Crippen LogP contribution in [0, 0.1) is 17.0 Å². The smallest absolute Gasteiger partial charge is 0.426 e. The monoisotopic (exact) mass is 282 g/mol. The number of amides is 3. The first-order valence-electron chi connectivity index (χ1n) is 5.68. The van der Waals surface area contributed by atoms with Crippen molar-refractivity contribution in [2.24, 2.45) is 0 Å². The van der Waals surface area contributed by atoms with E-state index in [0.717, 1.165) is 0 Å². The highest BCUT2D eigenvalue weighted by atomic mass is 16.6. The number of hydrazine groups is 1. The molecule has 0 aliphatic heterocycles. The molecular formula is C11H14N4O5. The molecule has 0 radical (unpaired) electrons. The summed E-state index contributed by atoms with van der Waals surface area (Å²) in [5.74, 6) is 0. The van der Waals surface area contributed by atoms with Gasteiger partial charge in [-0.25, -0.2) is 20.4 Å². The van der Waals surface area contributed by atoms with E-state index >= 15 is 0 Å². The second kappa shape index (κ2) is 6.92. The number of aryl methyl sites for hydroxylation is 1. The van der Waals surface area contributed by atoms with Crippen molar-refractivity contribution in [3.05, 3.63) is 33.9 Å². The van der Waals surface area contributed by atoms with Gasteiger partial charge in [-0.15, -0.1) is 0 Å². The number of ether oxygens (including phenoxy) is 1. The predicted molar refractivity (Wildman–Crippen MR) is 70.1 cm³/mol. The Balaban J connectivity index is 2.63. The molecule has 0 aliphatic rings. The van der Waals surface area contributed by atoms with Crippen LogP contribution in [0.25, 0.3) is 0 Å². The van der Waals surface area contributed by atoms with Crippen molar-refractivity contribution < 1.29 is 19.2 Å². The van der Waals surface area contributed by atoms with E-state index in [1.807, 2.05) is 10.9 Å². The number of nitrogens with zero attached hydrogens (tertiary/aromatic N) is 1. The van der Waals surface area contributed by atoms with Crippen LogP contribution in [0.4, 0.5) is 21.0 Å². The van der Waals surface area contributed by atoms with Crippen LogP contribution in [0.15, 0.2) is 18.2 Å². The minimum Gasteiger partial charge on any atom is -0.449 e. The van der Waals surface area contributed by atoms with E-state index in [4.69, 9.17) is 0 Å². The van der Waals surface area contributed by atoms with Crippen LogP contribution in [0.1, 0.15) is 12.5 Å². The molecule has 0 bridgehead atoms. The highest BCUT2D eigenvalue weighted by molar-refractivity contribution is 5.91. The number of carbonyl (C=O) groups is 2. The van der Waals surface area contributed by atoms with Crippen LogP contribution < -0.4 is 16.2 Å². The fourth-order valence-corrected chi connectivity index (χ4v) is 1.29. The zero-order valence-corrected chi connectivity index (χ0v) is 10.9. The Morgan fingerprint density at radius 1 is 1.35 bits per heavy atom. The molecule has 1 aromatic rings. The van der Waals surface area contributed by atoms with Crippen molar-refractivity contribution in [2.75, 3.05) is 11.9 Å². The fourth-order valence-electron chi connectivity index (χ4n) is 1.29. The zero-order chi connectivity index (χ0) is 15.1. The van der Waals surface area contributed by atoms with Crippen LogP contribution in [0.2, 0.25) is 0 Å². The van der Waals surface area contributed by atoms with Gasteiger partial charge in [-0.05, 0) is 19.4 Å². The zero-order valence-electron chi connectivity index (χ0n) is 10.9. The number of nitrogens with one attached hydrogen (secondary N) is 3. The van der Waals surface area contributed by atoms with Gasteiger partial charge < -0.3 is 10.1 Å². The molecule has 9 heteroatoms. The Hall–Kier alpha value is -2.84. The number of hydrogen-bond donors (Lipinski definition) is 3. The highest BCUT2D eigenvalue weighted by Crippen LogP contribution is 2.21. The Bertz CT molecular complexity index is 532. The lowest BCUT2D eigenvalue weighted by atomic mass is 10.2. The third kappa shape index (κ3) is 4.44. The van der Waals surface area contributed by atoms with Gasteiger partial charge in [0.2, 0.25) is 0 Å². The summed E-state index contributed by atoms with van der Waals surface area (Å²) in [4.78, 5) is 32.5. The van der Waals surface area contributed by atoms with Gasteiger partial charge in [-0.2, -0.15) is 0 Å². The van der Waals surface area contributed by atoms with Gasteiger partial charge in [0, 0.05) is 12.1 Å². The third-order valence-electron chi connectivity index (χ3n) is 2.23. The summed E-state index contributed by atoms with van der Waals surface area (Å²) >= 11 is 0. The molecule has 108 valence electrons. The summed E-state index contributed by atoms with van der Waals surface area (Å²) in [5.41, 5.74) is 4.81. The Labute approximate surface area is 114 Å². The summed E-state index contributed by atoms with van der Waals surface area (Å²) < 4.78 is 4.53.